The summed E-state index contributed by atoms with van der Waals surface area (Å²) in [5.74, 6) is 1.93. The molecule has 0 N–H and O–H groups in total. The highest BCUT2D eigenvalue weighted by molar-refractivity contribution is 7.02. The van der Waals surface area contributed by atoms with E-state index in [0.717, 1.165) is 17.2 Å². The Bertz CT molecular complexity index is 3320. The standard InChI is InChI=1S/C64H60B2N4O/c1-64(2,3)43-37-57-62-58(38-43)70(48-31-17-8-18-32-48)56-42-60-53(41-52(56)65(62)50-33-19-21-35-54(50)68(57)46-27-13-6-14-28-46)66-51-34-20-22-36-55(51)69(47-29-15-7-16-30-47)59-39-49(40-61(71-60)63(59)66)67(44-23-9-4-10-24-44)45-25-11-5-12-26-45/h6-8,13-22,27-42,44-45H,4-5,9-12,23-26H2,1-3H3. The summed E-state index contributed by atoms with van der Waals surface area (Å²) in [4.78, 5) is 10.5. The predicted molar refractivity (Wildman–Crippen MR) is 301 cm³/mol. The minimum Gasteiger partial charge on any atom is -0.458 e. The van der Waals surface area contributed by atoms with Gasteiger partial charge in [0, 0.05) is 81.1 Å². The van der Waals surface area contributed by atoms with Crippen molar-refractivity contribution in [1.29, 1.82) is 0 Å². The van der Waals surface area contributed by atoms with Gasteiger partial charge < -0.3 is 24.3 Å². The Morgan fingerprint density at radius 2 is 0.859 bits per heavy atom. The van der Waals surface area contributed by atoms with Crippen molar-refractivity contribution in [2.45, 2.75) is 102 Å². The van der Waals surface area contributed by atoms with E-state index in [1.165, 1.54) is 154 Å². The van der Waals surface area contributed by atoms with Crippen molar-refractivity contribution in [2.75, 3.05) is 19.6 Å². The summed E-state index contributed by atoms with van der Waals surface area (Å²) in [5, 5.41) is 0. The zero-order valence-electron chi connectivity index (χ0n) is 41.3. The lowest BCUT2D eigenvalue weighted by atomic mass is 9.30. The summed E-state index contributed by atoms with van der Waals surface area (Å²) in [6.45, 7) is 6.99. The van der Waals surface area contributed by atoms with Crippen LogP contribution in [0.3, 0.4) is 0 Å². The van der Waals surface area contributed by atoms with Crippen LogP contribution in [0.4, 0.5) is 56.9 Å². The third-order valence-corrected chi connectivity index (χ3v) is 16.9. The lowest BCUT2D eigenvalue weighted by Crippen LogP contribution is -2.64. The van der Waals surface area contributed by atoms with Crippen molar-refractivity contribution in [3.05, 3.63) is 181 Å². The van der Waals surface area contributed by atoms with Crippen LogP contribution in [0.25, 0.3) is 0 Å². The number of hydrogen-bond donors (Lipinski definition) is 0. The van der Waals surface area contributed by atoms with Gasteiger partial charge in [-0.15, -0.1) is 0 Å². The Morgan fingerprint density at radius 1 is 0.408 bits per heavy atom. The third-order valence-electron chi connectivity index (χ3n) is 16.9. The first-order chi connectivity index (χ1) is 34.9. The Kier molecular flexibility index (Phi) is 10.1. The molecule has 0 unspecified atom stereocenters. The second-order valence-corrected chi connectivity index (χ2v) is 22.1. The van der Waals surface area contributed by atoms with Gasteiger partial charge in [0.25, 0.3) is 13.4 Å². The van der Waals surface area contributed by atoms with E-state index in [0.29, 0.717) is 12.1 Å². The molecular weight excluding hydrogens is 862 g/mol. The fraction of sp³-hybridized carbons (Fsp3) is 0.250. The van der Waals surface area contributed by atoms with Crippen molar-refractivity contribution >= 4 is 103 Å². The highest BCUT2D eigenvalue weighted by Gasteiger charge is 2.48. The van der Waals surface area contributed by atoms with Crippen LogP contribution in [-0.2, 0) is 5.41 Å². The number of hydrogen-bond acceptors (Lipinski definition) is 5. The lowest BCUT2D eigenvalue weighted by molar-refractivity contribution is 0.339. The molecule has 2 aliphatic carbocycles. The molecule has 14 rings (SSSR count). The molecule has 8 aromatic carbocycles. The molecule has 4 aliphatic heterocycles. The summed E-state index contributed by atoms with van der Waals surface area (Å²) in [6.07, 6.45) is 13.0. The molecule has 5 nitrogen and oxygen atoms in total. The number of benzene rings is 8. The smallest absolute Gasteiger partial charge is 0.256 e. The average Bonchev–Trinajstić information content (AvgIpc) is 3.41. The number of anilines is 10. The zero-order chi connectivity index (χ0) is 47.4. The van der Waals surface area contributed by atoms with Crippen molar-refractivity contribution in [3.63, 3.8) is 0 Å². The van der Waals surface area contributed by atoms with Crippen molar-refractivity contribution < 1.29 is 4.74 Å². The molecule has 0 atom stereocenters. The van der Waals surface area contributed by atoms with E-state index in [9.17, 15) is 0 Å². The number of para-hydroxylation sites is 5. The van der Waals surface area contributed by atoms with Crippen LogP contribution >= 0.6 is 0 Å². The third kappa shape index (κ3) is 6.82. The van der Waals surface area contributed by atoms with Gasteiger partial charge in [-0.25, -0.2) is 0 Å². The van der Waals surface area contributed by atoms with Crippen molar-refractivity contribution in [2.24, 2.45) is 0 Å². The maximum atomic E-state index is 7.67. The van der Waals surface area contributed by atoms with Gasteiger partial charge in [0.15, 0.2) is 0 Å². The van der Waals surface area contributed by atoms with E-state index < -0.39 is 0 Å². The predicted octanol–water partition coefficient (Wildman–Crippen LogP) is 12.9. The van der Waals surface area contributed by atoms with Crippen molar-refractivity contribution in [1.82, 2.24) is 0 Å². The maximum absolute atomic E-state index is 7.67. The number of fused-ring (bicyclic) bond motifs is 8. The van der Waals surface area contributed by atoms with Crippen LogP contribution in [-0.4, -0.2) is 25.5 Å². The molecule has 0 bridgehead atoms. The SMILES string of the molecule is CC(C)(C)c1cc2c3c(c1)N(c1ccccc1)c1cc4c(cc1B3c1ccccc1N2c1ccccc1)B1c2ccccc2N(c2ccccc2)c2cc(N(C3CCCCC3)C3CCCCC3)cc(c21)O4. The molecule has 71 heavy (non-hydrogen) atoms. The van der Waals surface area contributed by atoms with Gasteiger partial charge in [-0.05, 0) is 136 Å². The van der Waals surface area contributed by atoms with E-state index in [1.807, 2.05) is 0 Å². The summed E-state index contributed by atoms with van der Waals surface area (Å²) in [7, 11) is 0. The molecule has 2 saturated carbocycles. The molecule has 8 aromatic rings. The second-order valence-electron chi connectivity index (χ2n) is 22.1. The number of nitrogens with zero attached hydrogens (tertiary/aromatic N) is 4. The summed E-state index contributed by atoms with van der Waals surface area (Å²) in [6, 6.07) is 67.6. The minimum atomic E-state index is -0.105. The Hall–Kier alpha value is -7.11. The average molecular weight is 923 g/mol. The van der Waals surface area contributed by atoms with Crippen LogP contribution in [0.15, 0.2) is 176 Å². The summed E-state index contributed by atoms with van der Waals surface area (Å²) in [5.41, 5.74) is 21.1. The minimum absolute atomic E-state index is 0.0205. The van der Waals surface area contributed by atoms with Gasteiger partial charge in [0.05, 0.1) is 0 Å². The quantitative estimate of drug-likeness (QED) is 0.155. The van der Waals surface area contributed by atoms with Gasteiger partial charge in [0.1, 0.15) is 11.5 Å². The van der Waals surface area contributed by atoms with Gasteiger partial charge >= 0.3 is 0 Å². The Morgan fingerprint density at radius 3 is 1.37 bits per heavy atom. The van der Waals surface area contributed by atoms with Gasteiger partial charge in [-0.1, -0.05) is 156 Å². The van der Waals surface area contributed by atoms with Gasteiger partial charge in [-0.3, -0.25) is 0 Å². The molecule has 0 radical (unpaired) electrons. The fourth-order valence-electron chi connectivity index (χ4n) is 13.7. The van der Waals surface area contributed by atoms with E-state index in [1.54, 1.807) is 0 Å². The zero-order valence-corrected chi connectivity index (χ0v) is 41.3. The summed E-state index contributed by atoms with van der Waals surface area (Å²) >= 11 is 0. The first kappa shape index (κ1) is 42.7. The molecule has 0 amide bonds. The fourth-order valence-corrected chi connectivity index (χ4v) is 13.7. The molecular formula is C64H60B2N4O. The Labute approximate surface area is 420 Å². The molecule has 6 aliphatic rings. The molecule has 0 saturated heterocycles. The molecule has 0 aromatic heterocycles. The maximum Gasteiger partial charge on any atom is 0.256 e. The van der Waals surface area contributed by atoms with Crippen molar-refractivity contribution in [3.8, 4) is 11.5 Å². The van der Waals surface area contributed by atoms with E-state index in [-0.39, 0.29) is 18.8 Å². The highest BCUT2D eigenvalue weighted by atomic mass is 16.5. The monoisotopic (exact) mass is 922 g/mol. The first-order valence-corrected chi connectivity index (χ1v) is 26.6. The molecule has 348 valence electrons. The number of ether oxygens (including phenoxy) is 1. The van der Waals surface area contributed by atoms with E-state index in [4.69, 9.17) is 4.74 Å². The second kappa shape index (κ2) is 16.8. The van der Waals surface area contributed by atoms with Crippen LogP contribution in [0, 0.1) is 0 Å². The molecule has 2 fully saturated rings. The van der Waals surface area contributed by atoms with Crippen LogP contribution in [0.5, 0.6) is 11.5 Å². The van der Waals surface area contributed by atoms with E-state index >= 15 is 0 Å². The topological polar surface area (TPSA) is 22.2 Å². The van der Waals surface area contributed by atoms with Gasteiger partial charge in [-0.2, -0.15) is 0 Å². The Balaban J connectivity index is 1.04. The normalized spacial score (nSPS) is 16.8. The van der Waals surface area contributed by atoms with Gasteiger partial charge in [0.2, 0.25) is 0 Å². The molecule has 0 spiro atoms. The van der Waals surface area contributed by atoms with Crippen LogP contribution in [0.2, 0.25) is 0 Å². The summed E-state index contributed by atoms with van der Waals surface area (Å²) < 4.78 is 7.67. The number of rotatable bonds is 6. The van der Waals surface area contributed by atoms with Crippen LogP contribution < -0.4 is 57.1 Å². The van der Waals surface area contributed by atoms with E-state index in [2.05, 4.69) is 216 Å². The highest BCUT2D eigenvalue weighted by Crippen LogP contribution is 2.49. The first-order valence-electron chi connectivity index (χ1n) is 26.6. The molecule has 4 heterocycles. The van der Waals surface area contributed by atoms with Crippen LogP contribution in [0.1, 0.15) is 90.5 Å². The lowest BCUT2D eigenvalue weighted by Gasteiger charge is -2.47. The molecule has 7 heteroatoms. The largest absolute Gasteiger partial charge is 0.458 e.